The zero-order valence-corrected chi connectivity index (χ0v) is 29.4. The molecule has 0 radical (unpaired) electrons. The van der Waals surface area contributed by atoms with Gasteiger partial charge in [-0.25, -0.2) is 43.7 Å². The smallest absolute Gasteiger partial charge is 0.407 e. The average molecular weight is 717 g/mol. The Kier molecular flexibility index (Phi) is 26.9. The van der Waals surface area contributed by atoms with Crippen molar-refractivity contribution in [3.63, 3.8) is 0 Å². The summed E-state index contributed by atoms with van der Waals surface area (Å²) < 4.78 is 15.2. The fraction of sp³-hybridized carbons (Fsp3) is 0.629. The summed E-state index contributed by atoms with van der Waals surface area (Å²) in [7, 11) is 0. The third-order valence-electron chi connectivity index (χ3n) is 7.29. The number of isocyanates is 2. The van der Waals surface area contributed by atoms with Gasteiger partial charge in [0.1, 0.15) is 13.2 Å². The molecule has 0 aromatic heterocycles. The minimum Gasteiger partial charge on any atom is -0.457 e. The summed E-state index contributed by atoms with van der Waals surface area (Å²) in [5, 5.41) is 8.28. The van der Waals surface area contributed by atoms with E-state index in [0.29, 0.717) is 52.0 Å². The molecule has 5 amide bonds. The Hall–Kier alpha value is -4.91. The molecule has 0 bridgehead atoms. The SMILES string of the molecule is O=C=NCCCCCCNC(=O)N(CCCCCCN=C=O)C(=O)NCCCCCCNC(=O)OCCOCCOC(=O)C(=O)c1ccccc1. The van der Waals surface area contributed by atoms with E-state index in [9.17, 15) is 33.6 Å². The lowest BCUT2D eigenvalue weighted by molar-refractivity contribution is -0.139. The van der Waals surface area contributed by atoms with Crippen LogP contribution in [0.1, 0.15) is 87.4 Å². The van der Waals surface area contributed by atoms with Crippen molar-refractivity contribution in [3.05, 3.63) is 35.9 Å². The van der Waals surface area contributed by atoms with Crippen LogP contribution in [0.3, 0.4) is 0 Å². The van der Waals surface area contributed by atoms with Crippen LogP contribution in [0.5, 0.6) is 0 Å². The fourth-order valence-corrected chi connectivity index (χ4v) is 4.56. The number of unbranched alkanes of at least 4 members (excludes halogenated alkanes) is 9. The zero-order chi connectivity index (χ0) is 37.2. The van der Waals surface area contributed by atoms with Crippen LogP contribution in [0.2, 0.25) is 0 Å². The van der Waals surface area contributed by atoms with E-state index in [1.54, 1.807) is 18.2 Å². The molecule has 16 heteroatoms. The van der Waals surface area contributed by atoms with E-state index >= 15 is 0 Å². The van der Waals surface area contributed by atoms with Gasteiger partial charge in [-0.05, 0) is 38.5 Å². The molecule has 0 saturated carbocycles. The van der Waals surface area contributed by atoms with Gasteiger partial charge in [-0.1, -0.05) is 68.9 Å². The van der Waals surface area contributed by atoms with Crippen LogP contribution >= 0.6 is 0 Å². The first-order valence-electron chi connectivity index (χ1n) is 17.6. The normalized spacial score (nSPS) is 10.2. The molecule has 0 fully saturated rings. The molecule has 3 N–H and O–H groups in total. The summed E-state index contributed by atoms with van der Waals surface area (Å²) in [4.78, 5) is 89.7. The van der Waals surface area contributed by atoms with Gasteiger partial charge in [0.25, 0.3) is 5.78 Å². The number of hydrogen-bond acceptors (Lipinski definition) is 12. The number of alkyl carbamates (subject to hydrolysis) is 1. The number of carbonyl (C=O) groups is 5. The molecule has 0 aliphatic carbocycles. The largest absolute Gasteiger partial charge is 0.457 e. The summed E-state index contributed by atoms with van der Waals surface area (Å²) in [6.07, 6.45) is 11.7. The number of rotatable bonds is 29. The van der Waals surface area contributed by atoms with E-state index < -0.39 is 29.9 Å². The van der Waals surface area contributed by atoms with Gasteiger partial charge in [0.15, 0.2) is 0 Å². The molecule has 0 unspecified atom stereocenters. The third-order valence-corrected chi connectivity index (χ3v) is 7.29. The molecule has 0 aliphatic heterocycles. The number of ketones is 1. The Bertz CT molecular complexity index is 1250. The van der Waals surface area contributed by atoms with Gasteiger partial charge in [-0.3, -0.25) is 4.79 Å². The molecular formula is C35H52N6O10. The van der Waals surface area contributed by atoms with Gasteiger partial charge in [-0.15, -0.1) is 0 Å². The average Bonchev–Trinajstić information content (AvgIpc) is 3.14. The minimum atomic E-state index is -0.964. The minimum absolute atomic E-state index is 0.00723. The maximum absolute atomic E-state index is 12.8. The summed E-state index contributed by atoms with van der Waals surface area (Å²) in [6.45, 7) is 2.41. The van der Waals surface area contributed by atoms with Crippen molar-refractivity contribution in [1.82, 2.24) is 20.9 Å². The highest BCUT2D eigenvalue weighted by molar-refractivity contribution is 6.40. The van der Waals surface area contributed by atoms with Crippen molar-refractivity contribution in [2.24, 2.45) is 9.98 Å². The first-order valence-corrected chi connectivity index (χ1v) is 17.6. The van der Waals surface area contributed by atoms with E-state index in [1.807, 2.05) is 0 Å². The number of urea groups is 2. The molecule has 0 heterocycles. The van der Waals surface area contributed by atoms with E-state index in [-0.39, 0.29) is 38.5 Å². The van der Waals surface area contributed by atoms with Crippen LogP contribution in [-0.2, 0) is 28.6 Å². The quantitative estimate of drug-likeness (QED) is 0.0268. The van der Waals surface area contributed by atoms with Crippen molar-refractivity contribution in [3.8, 4) is 0 Å². The fourth-order valence-electron chi connectivity index (χ4n) is 4.56. The maximum Gasteiger partial charge on any atom is 0.407 e. The van der Waals surface area contributed by atoms with Gasteiger partial charge >= 0.3 is 24.1 Å². The number of ether oxygens (including phenoxy) is 3. The lowest BCUT2D eigenvalue weighted by Gasteiger charge is -2.22. The van der Waals surface area contributed by atoms with Gasteiger partial charge < -0.3 is 30.2 Å². The molecule has 0 atom stereocenters. The number of nitrogens with one attached hydrogen (secondary N) is 3. The molecule has 16 nitrogen and oxygen atoms in total. The number of esters is 1. The zero-order valence-electron chi connectivity index (χ0n) is 29.4. The first-order chi connectivity index (χ1) is 24.9. The van der Waals surface area contributed by atoms with Crippen LogP contribution in [0, 0.1) is 0 Å². The van der Waals surface area contributed by atoms with E-state index in [2.05, 4.69) is 25.9 Å². The highest BCUT2D eigenvalue weighted by Crippen LogP contribution is 2.06. The molecule has 1 aromatic carbocycles. The summed E-state index contributed by atoms with van der Waals surface area (Å²) in [5.74, 6) is -1.70. The molecule has 0 aliphatic rings. The Morgan fingerprint density at radius 1 is 0.588 bits per heavy atom. The van der Waals surface area contributed by atoms with Crippen molar-refractivity contribution in [1.29, 1.82) is 0 Å². The van der Waals surface area contributed by atoms with Crippen molar-refractivity contribution < 1.29 is 47.8 Å². The summed E-state index contributed by atoms with van der Waals surface area (Å²) in [6, 6.07) is 7.17. The highest BCUT2D eigenvalue weighted by atomic mass is 16.6. The topological polar surface area (TPSA) is 211 Å². The predicted molar refractivity (Wildman–Crippen MR) is 187 cm³/mol. The van der Waals surface area contributed by atoms with Crippen molar-refractivity contribution in [2.45, 2.75) is 77.0 Å². The van der Waals surface area contributed by atoms with Crippen LogP contribution in [0.4, 0.5) is 14.4 Å². The van der Waals surface area contributed by atoms with Gasteiger partial charge in [0, 0.05) is 31.7 Å². The second-order valence-corrected chi connectivity index (χ2v) is 11.3. The number of amides is 5. The van der Waals surface area contributed by atoms with Crippen molar-refractivity contribution in [2.75, 3.05) is 65.7 Å². The molecule has 51 heavy (non-hydrogen) atoms. The Balaban J connectivity index is 2.16. The summed E-state index contributed by atoms with van der Waals surface area (Å²) >= 11 is 0. The number of imide groups is 1. The molecule has 0 spiro atoms. The van der Waals surface area contributed by atoms with E-state index in [0.717, 1.165) is 57.8 Å². The Labute approximate surface area is 299 Å². The van der Waals surface area contributed by atoms with Crippen molar-refractivity contribution >= 4 is 42.1 Å². The van der Waals surface area contributed by atoms with E-state index in [1.165, 1.54) is 29.2 Å². The maximum atomic E-state index is 12.8. The predicted octanol–water partition coefficient (Wildman–Crippen LogP) is 4.23. The molecule has 1 rings (SSSR count). The van der Waals surface area contributed by atoms with Crippen LogP contribution < -0.4 is 16.0 Å². The number of carbonyl (C=O) groups excluding carboxylic acids is 7. The number of aliphatic imine (C=N–C) groups is 2. The Morgan fingerprint density at radius 2 is 1.08 bits per heavy atom. The molecule has 0 saturated heterocycles. The monoisotopic (exact) mass is 716 g/mol. The van der Waals surface area contributed by atoms with Crippen LogP contribution in [0.25, 0.3) is 0 Å². The lowest BCUT2D eigenvalue weighted by Crippen LogP contribution is -2.49. The van der Waals surface area contributed by atoms with Gasteiger partial charge in [0.05, 0.1) is 26.3 Å². The lowest BCUT2D eigenvalue weighted by atomic mass is 10.1. The highest BCUT2D eigenvalue weighted by Gasteiger charge is 2.20. The number of Topliss-reactive ketones (excluding diaryl/α,β-unsaturated/α-hetero) is 1. The standard InChI is InChI=1S/C35H52N6O10/c42-28-36-18-10-1-2-12-20-38-33(46)41(23-15-6-5-11-19-37-29-43)34(47)39-21-13-3-4-14-22-40-35(48)51-27-25-49-24-26-50-32(45)31(44)30-16-8-7-9-17-30/h7-9,16-17H,1-6,10-15,18-27H2,(H,38,46)(H,39,47)(H,40,48). The Morgan fingerprint density at radius 3 is 1.63 bits per heavy atom. The van der Waals surface area contributed by atoms with E-state index in [4.69, 9.17) is 14.2 Å². The number of nitrogens with zero attached hydrogens (tertiary/aromatic N) is 3. The van der Waals surface area contributed by atoms with Gasteiger partial charge in [0.2, 0.25) is 12.2 Å². The number of benzene rings is 1. The second kappa shape index (κ2) is 31.1. The number of hydrogen-bond donors (Lipinski definition) is 3. The first kappa shape index (κ1) is 44.1. The van der Waals surface area contributed by atoms with Crippen LogP contribution in [0.15, 0.2) is 40.3 Å². The summed E-state index contributed by atoms with van der Waals surface area (Å²) in [5.41, 5.74) is 0.246. The second-order valence-electron chi connectivity index (χ2n) is 11.3. The van der Waals surface area contributed by atoms with Crippen LogP contribution in [-0.4, -0.2) is 113 Å². The third kappa shape index (κ3) is 24.0. The van der Waals surface area contributed by atoms with Gasteiger partial charge in [-0.2, -0.15) is 0 Å². The molecular weight excluding hydrogens is 664 g/mol. The molecule has 1 aromatic rings. The molecule has 282 valence electrons.